The number of carbonyl (C=O) groups is 1. The molecule has 0 aliphatic heterocycles. The summed E-state index contributed by atoms with van der Waals surface area (Å²) in [6.07, 6.45) is 0. The van der Waals surface area contributed by atoms with Gasteiger partial charge in [-0.15, -0.1) is 0 Å². The monoisotopic (exact) mass is 420 g/mol. The average molecular weight is 420 g/mol. The summed E-state index contributed by atoms with van der Waals surface area (Å²) in [5.41, 5.74) is 4.92. The zero-order valence-electron chi connectivity index (χ0n) is 17.9. The first-order valence-electron chi connectivity index (χ1n) is 9.39. The van der Waals surface area contributed by atoms with Crippen molar-refractivity contribution in [1.29, 1.82) is 0 Å². The van der Waals surface area contributed by atoms with Crippen LogP contribution in [0.4, 0.5) is 11.5 Å². The lowest BCUT2D eigenvalue weighted by Crippen LogP contribution is -2.42. The van der Waals surface area contributed by atoms with Crippen LogP contribution in [0.5, 0.6) is 11.5 Å². The molecular weight excluding hydrogens is 392 g/mol. The summed E-state index contributed by atoms with van der Waals surface area (Å²) in [6, 6.07) is 4.68. The minimum absolute atomic E-state index is 0.0437. The average Bonchev–Trinajstić information content (AvgIpc) is 2.72. The molecule has 1 heterocycles. The molecule has 0 saturated heterocycles. The van der Waals surface area contributed by atoms with Gasteiger partial charge in [-0.05, 0) is 18.1 Å². The van der Waals surface area contributed by atoms with Gasteiger partial charge in [-0.2, -0.15) is 0 Å². The summed E-state index contributed by atoms with van der Waals surface area (Å²) in [7, 11) is 4.41. The van der Waals surface area contributed by atoms with Gasteiger partial charge < -0.3 is 19.9 Å². The van der Waals surface area contributed by atoms with Crippen molar-refractivity contribution < 1.29 is 19.0 Å². The van der Waals surface area contributed by atoms with Crippen molar-refractivity contribution in [3.63, 3.8) is 0 Å². The fourth-order valence-electron chi connectivity index (χ4n) is 2.97. The minimum Gasteiger partial charge on any atom is -0.497 e. The van der Waals surface area contributed by atoms with E-state index in [-0.39, 0.29) is 42.7 Å². The van der Waals surface area contributed by atoms with E-state index in [1.807, 2.05) is 13.8 Å². The molecule has 2 rings (SSSR count). The first kappa shape index (κ1) is 23.0. The molecule has 0 spiro atoms. The third kappa shape index (κ3) is 5.01. The van der Waals surface area contributed by atoms with Crippen molar-refractivity contribution in [3.05, 3.63) is 44.6 Å². The van der Waals surface area contributed by atoms with E-state index in [0.717, 1.165) is 0 Å². The number of ether oxygens (including phenoxy) is 3. The molecule has 10 heteroatoms. The predicted octanol–water partition coefficient (Wildman–Crippen LogP) is 1.09. The number of aromatic amines is 1. The second kappa shape index (κ2) is 9.97. The number of carbonyl (C=O) groups excluding carboxylic acids is 1. The van der Waals surface area contributed by atoms with Crippen molar-refractivity contribution in [1.82, 2.24) is 9.55 Å². The number of nitrogen functional groups attached to an aromatic ring is 1. The number of aromatic nitrogens is 2. The molecule has 164 valence electrons. The molecule has 1 aromatic heterocycles. The van der Waals surface area contributed by atoms with Gasteiger partial charge in [0, 0.05) is 31.8 Å². The van der Waals surface area contributed by atoms with E-state index in [0.29, 0.717) is 11.5 Å². The topological polar surface area (TPSA) is 129 Å². The molecule has 0 atom stereocenters. The standard InChI is InChI=1S/C20H28N4O6/c1-12(2)11-24-17(21)16(18(25)22-20(24)27)23(6-7-28-3)19(26)13-8-14(29-4)10-15(9-13)30-5/h8-10,12H,6-7,11,21H2,1-5H3,(H,22,25,27). The normalized spacial score (nSPS) is 10.9. The van der Waals surface area contributed by atoms with Crippen LogP contribution >= 0.6 is 0 Å². The number of nitrogens with zero attached hydrogens (tertiary/aromatic N) is 2. The Balaban J connectivity index is 2.65. The van der Waals surface area contributed by atoms with Crippen LogP contribution in [0.3, 0.4) is 0 Å². The van der Waals surface area contributed by atoms with E-state index >= 15 is 0 Å². The molecule has 10 nitrogen and oxygen atoms in total. The maximum absolute atomic E-state index is 13.4. The predicted molar refractivity (Wildman–Crippen MR) is 114 cm³/mol. The lowest BCUT2D eigenvalue weighted by molar-refractivity contribution is 0.0975. The van der Waals surface area contributed by atoms with Crippen LogP contribution in [-0.2, 0) is 11.3 Å². The second-order valence-electron chi connectivity index (χ2n) is 7.05. The van der Waals surface area contributed by atoms with Crippen LogP contribution in [0, 0.1) is 5.92 Å². The summed E-state index contributed by atoms with van der Waals surface area (Å²) in [6.45, 7) is 4.30. The highest BCUT2D eigenvalue weighted by atomic mass is 16.5. The Morgan fingerprint density at radius 2 is 1.73 bits per heavy atom. The lowest BCUT2D eigenvalue weighted by atomic mass is 10.1. The Hall–Kier alpha value is -3.27. The van der Waals surface area contributed by atoms with Gasteiger partial charge in [0.25, 0.3) is 11.5 Å². The summed E-state index contributed by atoms with van der Waals surface area (Å²) < 4.78 is 16.8. The van der Waals surface area contributed by atoms with Crippen molar-refractivity contribution in [2.75, 3.05) is 45.1 Å². The van der Waals surface area contributed by atoms with Crippen molar-refractivity contribution in [2.24, 2.45) is 5.92 Å². The zero-order chi connectivity index (χ0) is 22.4. The SMILES string of the molecule is COCCN(C(=O)c1cc(OC)cc(OC)c1)c1c(N)n(CC(C)C)c(=O)[nH]c1=O. The third-order valence-electron chi connectivity index (χ3n) is 4.39. The smallest absolute Gasteiger partial charge is 0.330 e. The van der Waals surface area contributed by atoms with Gasteiger partial charge in [0.1, 0.15) is 17.3 Å². The van der Waals surface area contributed by atoms with E-state index in [1.54, 1.807) is 6.07 Å². The molecule has 0 bridgehead atoms. The number of rotatable bonds is 9. The summed E-state index contributed by atoms with van der Waals surface area (Å²) in [5.74, 6) is 0.314. The van der Waals surface area contributed by atoms with Crippen LogP contribution < -0.4 is 31.4 Å². The molecule has 0 fully saturated rings. The van der Waals surface area contributed by atoms with E-state index in [2.05, 4.69) is 4.98 Å². The number of nitrogens with two attached hydrogens (primary N) is 1. The van der Waals surface area contributed by atoms with Crippen molar-refractivity contribution in [2.45, 2.75) is 20.4 Å². The van der Waals surface area contributed by atoms with Gasteiger partial charge in [-0.1, -0.05) is 13.8 Å². The molecular formula is C20H28N4O6. The molecule has 0 radical (unpaired) electrons. The summed E-state index contributed by atoms with van der Waals surface area (Å²) >= 11 is 0. The molecule has 0 saturated carbocycles. The third-order valence-corrected chi connectivity index (χ3v) is 4.39. The Bertz CT molecular complexity index is 989. The second-order valence-corrected chi connectivity index (χ2v) is 7.05. The van der Waals surface area contributed by atoms with E-state index in [9.17, 15) is 14.4 Å². The van der Waals surface area contributed by atoms with E-state index < -0.39 is 17.2 Å². The van der Waals surface area contributed by atoms with Crippen LogP contribution in [0.2, 0.25) is 0 Å². The number of amides is 1. The van der Waals surface area contributed by atoms with Gasteiger partial charge in [0.05, 0.1) is 20.8 Å². The fraction of sp³-hybridized carbons (Fsp3) is 0.450. The molecule has 30 heavy (non-hydrogen) atoms. The minimum atomic E-state index is -0.753. The Morgan fingerprint density at radius 1 is 1.13 bits per heavy atom. The lowest BCUT2D eigenvalue weighted by Gasteiger charge is -2.25. The van der Waals surface area contributed by atoms with Gasteiger partial charge in [-0.3, -0.25) is 24.0 Å². The quantitative estimate of drug-likeness (QED) is 0.621. The number of nitrogens with one attached hydrogen (secondary N) is 1. The molecule has 1 aromatic carbocycles. The van der Waals surface area contributed by atoms with Gasteiger partial charge >= 0.3 is 5.69 Å². The highest BCUT2D eigenvalue weighted by molar-refractivity contribution is 6.07. The number of H-pyrrole nitrogens is 1. The zero-order valence-corrected chi connectivity index (χ0v) is 17.9. The van der Waals surface area contributed by atoms with Crippen LogP contribution in [0.15, 0.2) is 27.8 Å². The maximum atomic E-state index is 13.4. The number of methoxy groups -OCH3 is 3. The fourth-order valence-corrected chi connectivity index (χ4v) is 2.97. The van der Waals surface area contributed by atoms with Crippen molar-refractivity contribution in [3.8, 4) is 11.5 Å². The number of hydrogen-bond acceptors (Lipinski definition) is 7. The van der Waals surface area contributed by atoms with Crippen LogP contribution in [-0.4, -0.2) is 49.9 Å². The first-order valence-corrected chi connectivity index (χ1v) is 9.39. The Labute approximate surface area is 174 Å². The Kier molecular flexibility index (Phi) is 7.65. The largest absolute Gasteiger partial charge is 0.497 e. The maximum Gasteiger partial charge on any atom is 0.330 e. The number of hydrogen-bond donors (Lipinski definition) is 2. The highest BCUT2D eigenvalue weighted by Crippen LogP contribution is 2.26. The highest BCUT2D eigenvalue weighted by Gasteiger charge is 2.26. The van der Waals surface area contributed by atoms with Gasteiger partial charge in [-0.25, -0.2) is 4.79 Å². The molecule has 0 aliphatic carbocycles. The number of anilines is 2. The number of benzene rings is 1. The van der Waals surface area contributed by atoms with E-state index in [1.165, 1.54) is 42.9 Å². The Morgan fingerprint density at radius 3 is 2.23 bits per heavy atom. The van der Waals surface area contributed by atoms with Gasteiger partial charge in [0.15, 0.2) is 5.69 Å². The molecule has 0 unspecified atom stereocenters. The van der Waals surface area contributed by atoms with Gasteiger partial charge in [0.2, 0.25) is 0 Å². The molecule has 1 amide bonds. The summed E-state index contributed by atoms with van der Waals surface area (Å²) in [4.78, 5) is 41.7. The van der Waals surface area contributed by atoms with Crippen LogP contribution in [0.1, 0.15) is 24.2 Å². The van der Waals surface area contributed by atoms with Crippen molar-refractivity contribution >= 4 is 17.4 Å². The molecule has 0 aliphatic rings. The summed E-state index contributed by atoms with van der Waals surface area (Å²) in [5, 5.41) is 0. The molecule has 3 N–H and O–H groups in total. The first-order chi connectivity index (χ1) is 14.2. The van der Waals surface area contributed by atoms with Crippen LogP contribution in [0.25, 0.3) is 0 Å². The van der Waals surface area contributed by atoms with E-state index in [4.69, 9.17) is 19.9 Å². The molecule has 2 aromatic rings.